The molecule has 156 valence electrons. The number of rotatable bonds is 6. The van der Waals surface area contributed by atoms with Gasteiger partial charge in [0.05, 0.1) is 5.69 Å². The van der Waals surface area contributed by atoms with E-state index >= 15 is 0 Å². The van der Waals surface area contributed by atoms with Gasteiger partial charge in [-0.3, -0.25) is 4.79 Å². The average Bonchev–Trinajstić information content (AvgIpc) is 2.70. The van der Waals surface area contributed by atoms with Crippen LogP contribution < -0.4 is 11.1 Å². The predicted molar refractivity (Wildman–Crippen MR) is 122 cm³/mol. The second-order valence-corrected chi connectivity index (χ2v) is 9.53. The summed E-state index contributed by atoms with van der Waals surface area (Å²) >= 11 is 6.95. The molecule has 0 amide bonds. The second kappa shape index (κ2) is 9.60. The van der Waals surface area contributed by atoms with Crippen LogP contribution in [0.5, 0.6) is 5.75 Å². The summed E-state index contributed by atoms with van der Waals surface area (Å²) in [6, 6.07) is 9.18. The maximum absolute atomic E-state index is 12.8. The molecule has 1 aliphatic rings. The van der Waals surface area contributed by atoms with Crippen LogP contribution in [0.15, 0.2) is 39.3 Å². The molecule has 1 atom stereocenters. The predicted octanol–water partition coefficient (Wildman–Crippen LogP) is 4.76. The van der Waals surface area contributed by atoms with E-state index in [2.05, 4.69) is 37.2 Å². The summed E-state index contributed by atoms with van der Waals surface area (Å²) in [6.07, 6.45) is 1.88. The number of hydrogen-bond acceptors (Lipinski definition) is 5. The molecule has 5 nitrogen and oxygen atoms in total. The van der Waals surface area contributed by atoms with Gasteiger partial charge >= 0.3 is 0 Å². The summed E-state index contributed by atoms with van der Waals surface area (Å²) in [7, 11) is 0. The van der Waals surface area contributed by atoms with E-state index in [0.29, 0.717) is 18.2 Å². The molecular formula is C22H26Br2N2O3. The quantitative estimate of drug-likeness (QED) is 0.408. The van der Waals surface area contributed by atoms with E-state index in [0.717, 1.165) is 51.4 Å². The maximum Gasteiger partial charge on any atom is 0.169 e. The number of halogens is 2. The Hall–Kier alpha value is -1.41. The first-order chi connectivity index (χ1) is 13.8. The lowest BCUT2D eigenvalue weighted by Gasteiger charge is -2.30. The number of aryl methyl sites for hydroxylation is 1. The van der Waals surface area contributed by atoms with Crippen LogP contribution in [-0.2, 0) is 11.3 Å². The summed E-state index contributed by atoms with van der Waals surface area (Å²) in [5.74, 6) is -0.429. The van der Waals surface area contributed by atoms with Crippen LogP contribution in [0.1, 0.15) is 48.5 Å². The van der Waals surface area contributed by atoms with E-state index in [1.54, 1.807) is 12.1 Å². The molecule has 0 heterocycles. The molecule has 0 saturated heterocycles. The van der Waals surface area contributed by atoms with Gasteiger partial charge in [0, 0.05) is 33.0 Å². The number of phenolic OH excluding ortho intramolecular Hbond substituents is 1. The van der Waals surface area contributed by atoms with Gasteiger partial charge in [-0.2, -0.15) is 0 Å². The molecule has 0 spiro atoms. The largest absolute Gasteiger partial charge is 0.508 e. The Kier molecular flexibility index (Phi) is 7.37. The normalized spacial score (nSPS) is 20.4. The van der Waals surface area contributed by atoms with Crippen molar-refractivity contribution in [3.63, 3.8) is 0 Å². The number of aromatic hydroxyl groups is 1. The van der Waals surface area contributed by atoms with Crippen molar-refractivity contribution in [2.24, 2.45) is 5.92 Å². The summed E-state index contributed by atoms with van der Waals surface area (Å²) in [5.41, 5.74) is 9.09. The molecule has 0 aromatic heterocycles. The summed E-state index contributed by atoms with van der Waals surface area (Å²) in [4.78, 5) is 12.8. The van der Waals surface area contributed by atoms with Crippen LogP contribution in [0.2, 0.25) is 0 Å². The minimum Gasteiger partial charge on any atom is -0.508 e. The highest BCUT2D eigenvalue weighted by Crippen LogP contribution is 2.33. The molecule has 5 N–H and O–H groups in total. The number of nitrogens with one attached hydrogen (secondary N) is 1. The number of anilines is 1. The zero-order chi connectivity index (χ0) is 21.1. The van der Waals surface area contributed by atoms with Gasteiger partial charge in [0.1, 0.15) is 11.9 Å². The third-order valence-corrected chi connectivity index (χ3v) is 6.75. The zero-order valence-electron chi connectivity index (χ0n) is 16.3. The number of Topliss-reactive ketones (excluding diaryl/α,β-unsaturated/α-hetero) is 1. The van der Waals surface area contributed by atoms with Crippen LogP contribution in [0.4, 0.5) is 5.69 Å². The van der Waals surface area contributed by atoms with Crippen molar-refractivity contribution in [1.82, 2.24) is 5.32 Å². The van der Waals surface area contributed by atoms with Gasteiger partial charge in [0.15, 0.2) is 5.78 Å². The molecule has 7 heteroatoms. The number of carbonyl (C=O) groups is 1. The summed E-state index contributed by atoms with van der Waals surface area (Å²) < 4.78 is 1.84. The van der Waals surface area contributed by atoms with Crippen molar-refractivity contribution in [2.45, 2.75) is 51.3 Å². The molecule has 1 saturated carbocycles. The highest BCUT2D eigenvalue weighted by molar-refractivity contribution is 9.11. The van der Waals surface area contributed by atoms with Crippen molar-refractivity contribution in [1.29, 1.82) is 0 Å². The fraction of sp³-hybridized carbons (Fsp3) is 0.409. The standard InChI is InChI=1S/C22H26Br2N2O3/c1-12-2-7-19(27)17(8-12)22(29)21(28)13-3-5-16(6-4-13)26-11-14-9-15(23)10-18(24)20(14)25/h2,7-10,13,16,22,26-27,29H,3-6,11,25H2,1H3. The molecule has 1 fully saturated rings. The Morgan fingerprint density at radius 3 is 2.59 bits per heavy atom. The first-order valence-electron chi connectivity index (χ1n) is 9.74. The van der Waals surface area contributed by atoms with Crippen LogP contribution >= 0.6 is 31.9 Å². The van der Waals surface area contributed by atoms with Gasteiger partial charge in [-0.1, -0.05) is 27.6 Å². The number of aliphatic hydroxyl groups excluding tert-OH is 1. The molecule has 2 aromatic carbocycles. The van der Waals surface area contributed by atoms with E-state index in [1.165, 1.54) is 6.07 Å². The maximum atomic E-state index is 12.8. The Bertz CT molecular complexity index is 896. The molecule has 3 rings (SSSR count). The van der Waals surface area contributed by atoms with Gasteiger partial charge < -0.3 is 21.3 Å². The third kappa shape index (κ3) is 5.40. The Labute approximate surface area is 188 Å². The van der Waals surface area contributed by atoms with Crippen molar-refractivity contribution < 1.29 is 15.0 Å². The molecule has 1 aliphatic carbocycles. The minimum absolute atomic E-state index is 0.0374. The van der Waals surface area contributed by atoms with E-state index in [4.69, 9.17) is 5.73 Å². The lowest BCUT2D eigenvalue weighted by Crippen LogP contribution is -2.35. The van der Waals surface area contributed by atoms with Crippen LogP contribution in [0.25, 0.3) is 0 Å². The van der Waals surface area contributed by atoms with E-state index in [-0.39, 0.29) is 17.5 Å². The number of ketones is 1. The third-order valence-electron chi connectivity index (χ3n) is 5.64. The van der Waals surface area contributed by atoms with Gasteiger partial charge in [-0.25, -0.2) is 0 Å². The summed E-state index contributed by atoms with van der Waals surface area (Å²) in [5, 5.41) is 24.0. The SMILES string of the molecule is Cc1ccc(O)c(C(O)C(=O)C2CCC(NCc3cc(Br)cc(Br)c3N)CC2)c1. The first kappa shape index (κ1) is 22.3. The number of nitrogen functional groups attached to an aromatic ring is 1. The molecule has 1 unspecified atom stereocenters. The van der Waals surface area contributed by atoms with Crippen molar-refractivity contribution >= 4 is 43.3 Å². The minimum atomic E-state index is -1.27. The number of hydrogen-bond donors (Lipinski definition) is 4. The Balaban J connectivity index is 1.55. The Morgan fingerprint density at radius 2 is 1.90 bits per heavy atom. The number of aliphatic hydroxyl groups is 1. The highest BCUT2D eigenvalue weighted by atomic mass is 79.9. The number of benzene rings is 2. The van der Waals surface area contributed by atoms with Gasteiger partial charge in [-0.15, -0.1) is 0 Å². The molecule has 29 heavy (non-hydrogen) atoms. The number of phenols is 1. The lowest BCUT2D eigenvalue weighted by atomic mass is 9.80. The average molecular weight is 526 g/mol. The van der Waals surface area contributed by atoms with E-state index in [9.17, 15) is 15.0 Å². The monoisotopic (exact) mass is 524 g/mol. The van der Waals surface area contributed by atoms with Crippen LogP contribution in [0.3, 0.4) is 0 Å². The van der Waals surface area contributed by atoms with E-state index in [1.807, 2.05) is 19.1 Å². The summed E-state index contributed by atoms with van der Waals surface area (Å²) in [6.45, 7) is 2.53. The molecular weight excluding hydrogens is 500 g/mol. The number of nitrogens with two attached hydrogens (primary N) is 1. The van der Waals surface area contributed by atoms with E-state index < -0.39 is 6.10 Å². The fourth-order valence-corrected chi connectivity index (χ4v) is 5.20. The molecule has 0 aliphatic heterocycles. The van der Waals surface area contributed by atoms with Gasteiger partial charge in [0.2, 0.25) is 0 Å². The first-order valence-corrected chi connectivity index (χ1v) is 11.3. The van der Waals surface area contributed by atoms with Crippen LogP contribution in [0, 0.1) is 12.8 Å². The second-order valence-electron chi connectivity index (χ2n) is 7.76. The van der Waals surface area contributed by atoms with Crippen LogP contribution in [-0.4, -0.2) is 22.0 Å². The van der Waals surface area contributed by atoms with Gasteiger partial charge in [0.25, 0.3) is 0 Å². The molecule has 0 bridgehead atoms. The molecule has 2 aromatic rings. The highest BCUT2D eigenvalue weighted by Gasteiger charge is 2.31. The van der Waals surface area contributed by atoms with Gasteiger partial charge in [-0.05, 0) is 78.4 Å². The van der Waals surface area contributed by atoms with Crippen molar-refractivity contribution in [2.75, 3.05) is 5.73 Å². The zero-order valence-corrected chi connectivity index (χ0v) is 19.5. The van der Waals surface area contributed by atoms with Crippen molar-refractivity contribution in [3.05, 3.63) is 56.0 Å². The molecule has 0 radical (unpaired) electrons. The van der Waals surface area contributed by atoms with Crippen molar-refractivity contribution in [3.8, 4) is 5.75 Å². The Morgan fingerprint density at radius 1 is 1.21 bits per heavy atom. The fourth-order valence-electron chi connectivity index (χ4n) is 3.89. The lowest BCUT2D eigenvalue weighted by molar-refractivity contribution is -0.132. The smallest absolute Gasteiger partial charge is 0.169 e. The number of carbonyl (C=O) groups excluding carboxylic acids is 1. The topological polar surface area (TPSA) is 95.6 Å².